The Morgan fingerprint density at radius 1 is 0.814 bits per heavy atom. The van der Waals surface area contributed by atoms with E-state index in [1.165, 1.54) is 30.3 Å². The molecule has 1 aliphatic heterocycles. The van der Waals surface area contributed by atoms with Crippen molar-refractivity contribution in [2.24, 2.45) is 0 Å². The molecule has 0 spiro atoms. The van der Waals surface area contributed by atoms with E-state index in [0.717, 1.165) is 24.3 Å². The van der Waals surface area contributed by atoms with Gasteiger partial charge in [-0.2, -0.15) is 0 Å². The summed E-state index contributed by atoms with van der Waals surface area (Å²) in [5.74, 6) is -5.39. The molecule has 43 heavy (non-hydrogen) atoms. The predicted molar refractivity (Wildman–Crippen MR) is 146 cm³/mol. The first-order valence-electron chi connectivity index (χ1n) is 13.1. The van der Waals surface area contributed by atoms with Crippen molar-refractivity contribution in [3.8, 4) is 28.7 Å². The lowest BCUT2D eigenvalue weighted by molar-refractivity contribution is -0.234. The Balaban J connectivity index is 1.47. The molecule has 1 heterocycles. The van der Waals surface area contributed by atoms with E-state index in [1.807, 2.05) is 0 Å². The van der Waals surface area contributed by atoms with Gasteiger partial charge in [-0.1, -0.05) is 12.1 Å². The summed E-state index contributed by atoms with van der Waals surface area (Å²) in [5.41, 5.74) is -0.323. The van der Waals surface area contributed by atoms with Crippen LogP contribution in [0.2, 0.25) is 0 Å². The molecule has 1 saturated heterocycles. The zero-order chi connectivity index (χ0) is 31.2. The van der Waals surface area contributed by atoms with Gasteiger partial charge in [-0.25, -0.2) is 4.79 Å². The topological polar surface area (TPSA) is 235 Å². The Labute approximate surface area is 243 Å². The van der Waals surface area contributed by atoms with Gasteiger partial charge < -0.3 is 55.4 Å². The molecule has 0 saturated carbocycles. The summed E-state index contributed by atoms with van der Waals surface area (Å²) in [4.78, 5) is 25.8. The molecule has 2 aliphatic rings. The molecular formula is C30H28O13. The monoisotopic (exact) mass is 596 g/mol. The third kappa shape index (κ3) is 5.35. The molecule has 3 aromatic rings. The van der Waals surface area contributed by atoms with Gasteiger partial charge in [0, 0.05) is 17.6 Å². The molecule has 0 unspecified atom stereocenters. The number of fused-ring (bicyclic) bond motifs is 2. The number of hydrogen-bond acceptors (Lipinski definition) is 13. The van der Waals surface area contributed by atoms with E-state index < -0.39 is 84.4 Å². The number of aliphatic hydroxyl groups is 4. The summed E-state index contributed by atoms with van der Waals surface area (Å²) in [5, 5.41) is 93.3. The minimum Gasteiger partial charge on any atom is -0.508 e. The lowest BCUT2D eigenvalue weighted by Crippen LogP contribution is -2.60. The van der Waals surface area contributed by atoms with Crippen LogP contribution in [0.1, 0.15) is 44.1 Å². The number of phenolic OH excluding ortho intramolecular Hbond substituents is 5. The number of ketones is 1. The number of phenols is 5. The minimum absolute atomic E-state index is 0.00548. The summed E-state index contributed by atoms with van der Waals surface area (Å²) in [7, 11) is 0. The average molecular weight is 597 g/mol. The summed E-state index contributed by atoms with van der Waals surface area (Å²) in [6.45, 7) is -1.17. The van der Waals surface area contributed by atoms with Crippen molar-refractivity contribution in [3.63, 3.8) is 0 Å². The highest BCUT2D eigenvalue weighted by Gasteiger charge is 2.51. The molecule has 5 rings (SSSR count). The van der Waals surface area contributed by atoms with Gasteiger partial charge in [-0.15, -0.1) is 0 Å². The third-order valence-corrected chi connectivity index (χ3v) is 7.57. The lowest BCUT2D eigenvalue weighted by Gasteiger charge is -2.45. The van der Waals surface area contributed by atoms with Gasteiger partial charge in [0.15, 0.2) is 11.5 Å². The molecule has 13 heteroatoms. The van der Waals surface area contributed by atoms with Crippen molar-refractivity contribution in [1.82, 2.24) is 0 Å². The minimum atomic E-state index is -1.86. The molecule has 0 amide bonds. The molecule has 9 N–H and O–H groups in total. The van der Waals surface area contributed by atoms with E-state index >= 15 is 0 Å². The zero-order valence-electron chi connectivity index (χ0n) is 22.2. The Morgan fingerprint density at radius 2 is 1.51 bits per heavy atom. The number of carbonyl (C=O) groups excluding carboxylic acids is 2. The Hall–Kier alpha value is -4.66. The molecular weight excluding hydrogens is 568 g/mol. The SMILES string of the molecule is O=C(/C=C/c1ccc(O)c(O)c1)OC[C@H]1O[C@@H]([C@@H]2c3cc(CO)cc(O)c3C(=O)c3c(O)ccc(O)c32)[C@H](O)[C@@H](O)[C@@H]1O. The van der Waals surface area contributed by atoms with Gasteiger partial charge in [0.1, 0.15) is 48.3 Å². The first kappa shape index (κ1) is 29.8. The molecule has 0 aromatic heterocycles. The smallest absolute Gasteiger partial charge is 0.330 e. The first-order chi connectivity index (χ1) is 20.4. The molecule has 13 nitrogen and oxygen atoms in total. The second kappa shape index (κ2) is 11.6. The van der Waals surface area contributed by atoms with E-state index in [0.29, 0.717) is 5.56 Å². The molecule has 1 fully saturated rings. The van der Waals surface area contributed by atoms with Gasteiger partial charge in [-0.05, 0) is 53.1 Å². The van der Waals surface area contributed by atoms with E-state index in [1.54, 1.807) is 0 Å². The van der Waals surface area contributed by atoms with Crippen LogP contribution in [-0.4, -0.2) is 94.8 Å². The van der Waals surface area contributed by atoms with Gasteiger partial charge in [-0.3, -0.25) is 4.79 Å². The number of ether oxygens (including phenoxy) is 2. The van der Waals surface area contributed by atoms with Crippen LogP contribution >= 0.6 is 0 Å². The van der Waals surface area contributed by atoms with Gasteiger partial charge in [0.05, 0.1) is 23.8 Å². The van der Waals surface area contributed by atoms with Crippen molar-refractivity contribution in [3.05, 3.63) is 81.9 Å². The lowest BCUT2D eigenvalue weighted by atomic mass is 9.71. The fourth-order valence-corrected chi connectivity index (χ4v) is 5.48. The highest BCUT2D eigenvalue weighted by molar-refractivity contribution is 6.16. The maximum absolute atomic E-state index is 13.4. The van der Waals surface area contributed by atoms with Crippen LogP contribution < -0.4 is 0 Å². The van der Waals surface area contributed by atoms with Crippen molar-refractivity contribution < 1.29 is 65.0 Å². The normalized spacial score (nSPS) is 24.9. The average Bonchev–Trinajstić information content (AvgIpc) is 2.98. The Bertz CT molecular complexity index is 1610. The molecule has 3 aromatic carbocycles. The van der Waals surface area contributed by atoms with Crippen LogP contribution in [0.4, 0.5) is 0 Å². The molecule has 0 bridgehead atoms. The van der Waals surface area contributed by atoms with Gasteiger partial charge in [0.2, 0.25) is 5.78 Å². The highest BCUT2D eigenvalue weighted by atomic mass is 16.6. The van der Waals surface area contributed by atoms with Crippen molar-refractivity contribution in [2.75, 3.05) is 6.61 Å². The van der Waals surface area contributed by atoms with E-state index in [9.17, 15) is 55.5 Å². The second-order valence-corrected chi connectivity index (χ2v) is 10.3. The number of hydrogen-bond donors (Lipinski definition) is 9. The number of rotatable bonds is 6. The van der Waals surface area contributed by atoms with Crippen molar-refractivity contribution in [2.45, 2.75) is 43.0 Å². The molecule has 6 atom stereocenters. The predicted octanol–water partition coefficient (Wildman–Crippen LogP) is 0.490. The first-order valence-corrected chi connectivity index (χ1v) is 13.1. The second-order valence-electron chi connectivity index (χ2n) is 10.3. The number of aromatic hydroxyl groups is 5. The van der Waals surface area contributed by atoms with Crippen LogP contribution in [0, 0.1) is 0 Å². The summed E-state index contributed by atoms with van der Waals surface area (Å²) >= 11 is 0. The van der Waals surface area contributed by atoms with E-state index in [4.69, 9.17) is 9.47 Å². The fourth-order valence-electron chi connectivity index (χ4n) is 5.48. The number of aliphatic hydroxyl groups excluding tert-OH is 4. The summed E-state index contributed by atoms with van der Waals surface area (Å²) < 4.78 is 11.1. The van der Waals surface area contributed by atoms with E-state index in [-0.39, 0.29) is 33.6 Å². The number of carbonyl (C=O) groups is 2. The van der Waals surface area contributed by atoms with Gasteiger partial charge in [0.25, 0.3) is 0 Å². The van der Waals surface area contributed by atoms with Crippen LogP contribution in [0.15, 0.2) is 48.5 Å². The van der Waals surface area contributed by atoms with Crippen molar-refractivity contribution >= 4 is 17.8 Å². The summed E-state index contributed by atoms with van der Waals surface area (Å²) in [6.07, 6.45) is -6.14. The van der Waals surface area contributed by atoms with Crippen molar-refractivity contribution in [1.29, 1.82) is 0 Å². The molecule has 0 radical (unpaired) electrons. The number of esters is 1. The van der Waals surface area contributed by atoms with Crippen LogP contribution in [0.25, 0.3) is 6.08 Å². The van der Waals surface area contributed by atoms with Gasteiger partial charge >= 0.3 is 5.97 Å². The van der Waals surface area contributed by atoms with Crippen LogP contribution in [0.3, 0.4) is 0 Å². The highest BCUT2D eigenvalue weighted by Crippen LogP contribution is 2.50. The zero-order valence-corrected chi connectivity index (χ0v) is 22.2. The quantitative estimate of drug-likeness (QED) is 0.0817. The van der Waals surface area contributed by atoms with E-state index in [2.05, 4.69) is 0 Å². The Morgan fingerprint density at radius 3 is 2.21 bits per heavy atom. The molecule has 1 aliphatic carbocycles. The standard InChI is InChI=1S/C30H28O13/c31-10-13-7-14-22(19(36)9-13)27(39)25-17(34)5-4-16(33)24(25)23(14)30-29(41)28(40)26(38)20(43-30)11-42-21(37)6-2-12-1-3-15(32)18(35)8-12/h1-9,20,23,26,28-36,38,40-41H,10-11H2/b6-2+/t20-,23-,26-,28+,29-,30+/m1/s1. The summed E-state index contributed by atoms with van der Waals surface area (Å²) in [6, 6.07) is 8.51. The molecule has 226 valence electrons. The third-order valence-electron chi connectivity index (χ3n) is 7.57. The maximum Gasteiger partial charge on any atom is 0.330 e. The fraction of sp³-hybridized carbons (Fsp3) is 0.267. The maximum atomic E-state index is 13.4. The Kier molecular flexibility index (Phi) is 8.01. The van der Waals surface area contributed by atoms with Crippen LogP contribution in [-0.2, 0) is 20.9 Å². The number of benzene rings is 3. The van der Waals surface area contributed by atoms with Crippen LogP contribution in [0.5, 0.6) is 28.7 Å². The largest absolute Gasteiger partial charge is 0.508 e.